The van der Waals surface area contributed by atoms with Gasteiger partial charge in [-0.1, -0.05) is 24.3 Å². The van der Waals surface area contributed by atoms with Gasteiger partial charge in [0, 0.05) is 24.5 Å². The van der Waals surface area contributed by atoms with Crippen molar-refractivity contribution in [2.75, 3.05) is 17.7 Å². The summed E-state index contributed by atoms with van der Waals surface area (Å²) in [7, 11) is 0. The van der Waals surface area contributed by atoms with Crippen LogP contribution < -0.4 is 11.1 Å². The molecule has 4 rings (SSSR count). The van der Waals surface area contributed by atoms with Crippen LogP contribution in [0.4, 0.5) is 11.6 Å². The molecule has 2 aromatic heterocycles. The molecular weight excluding hydrogens is 390 g/mol. The van der Waals surface area contributed by atoms with Crippen LogP contribution in [0.1, 0.15) is 28.9 Å². The molecule has 0 radical (unpaired) electrons. The smallest absolute Gasteiger partial charge is 0.201 e. The summed E-state index contributed by atoms with van der Waals surface area (Å²) >= 11 is 0. The highest BCUT2D eigenvalue weighted by molar-refractivity contribution is 5.79. The summed E-state index contributed by atoms with van der Waals surface area (Å²) in [4.78, 5) is 8.90. The van der Waals surface area contributed by atoms with Gasteiger partial charge < -0.3 is 25.8 Å². The minimum Gasteiger partial charge on any atom is -0.506 e. The van der Waals surface area contributed by atoms with Crippen molar-refractivity contribution in [1.82, 2.24) is 14.5 Å². The van der Waals surface area contributed by atoms with E-state index in [1.54, 1.807) is 12.1 Å². The number of aliphatic hydroxyl groups excluding tert-OH is 1. The molecule has 0 saturated heterocycles. The molecule has 0 amide bonds. The monoisotopic (exact) mass is 417 g/mol. The SMILES string of the molecule is Cc1ccc(O)c(Cn2c(N)nc3ccc(CNc4ccccc4CCCO)cc32)n1. The number of aromatic hydroxyl groups is 1. The lowest BCUT2D eigenvalue weighted by molar-refractivity contribution is 0.288. The van der Waals surface area contributed by atoms with E-state index >= 15 is 0 Å². The number of nitrogens with zero attached hydrogens (tertiary/aromatic N) is 3. The zero-order valence-electron chi connectivity index (χ0n) is 17.5. The summed E-state index contributed by atoms with van der Waals surface area (Å²) in [6, 6.07) is 17.6. The molecule has 160 valence electrons. The zero-order chi connectivity index (χ0) is 21.8. The average molecular weight is 418 g/mol. The standard InChI is InChI=1S/C24H27N5O2/c1-16-8-11-23(31)21(27-16)15-29-22-13-17(9-10-20(22)28-24(29)25)14-26-19-7-3-2-5-18(19)6-4-12-30/h2-3,5,7-11,13,26,30-31H,4,6,12,14-15H2,1H3,(H2,25,28). The molecule has 0 aliphatic heterocycles. The van der Waals surface area contributed by atoms with Crippen molar-refractivity contribution in [3.63, 3.8) is 0 Å². The summed E-state index contributed by atoms with van der Waals surface area (Å²) in [5.41, 5.74) is 12.6. The molecule has 7 nitrogen and oxygen atoms in total. The number of rotatable bonds is 8. The number of aryl methyl sites for hydroxylation is 2. The number of nitrogens with one attached hydrogen (secondary N) is 1. The first-order chi connectivity index (χ1) is 15.0. The van der Waals surface area contributed by atoms with Gasteiger partial charge in [0.05, 0.1) is 17.6 Å². The topological polar surface area (TPSA) is 109 Å². The van der Waals surface area contributed by atoms with Gasteiger partial charge in [0.1, 0.15) is 11.4 Å². The van der Waals surface area contributed by atoms with Crippen LogP contribution in [0.2, 0.25) is 0 Å². The van der Waals surface area contributed by atoms with Gasteiger partial charge in [-0.2, -0.15) is 0 Å². The fourth-order valence-electron chi connectivity index (χ4n) is 3.71. The largest absolute Gasteiger partial charge is 0.506 e. The molecule has 2 heterocycles. The number of para-hydroxylation sites is 1. The molecule has 0 atom stereocenters. The second-order valence-electron chi connectivity index (χ2n) is 7.64. The lowest BCUT2D eigenvalue weighted by Gasteiger charge is -2.12. The fourth-order valence-corrected chi connectivity index (χ4v) is 3.71. The number of aromatic nitrogens is 3. The van der Waals surface area contributed by atoms with Crippen LogP contribution in [0.3, 0.4) is 0 Å². The summed E-state index contributed by atoms with van der Waals surface area (Å²) in [6.45, 7) is 3.06. The second kappa shape index (κ2) is 9.06. The Kier molecular flexibility index (Phi) is 6.04. The van der Waals surface area contributed by atoms with Crippen molar-refractivity contribution >= 4 is 22.7 Å². The van der Waals surface area contributed by atoms with Gasteiger partial charge >= 0.3 is 0 Å². The number of pyridine rings is 1. The molecule has 0 unspecified atom stereocenters. The molecule has 0 fully saturated rings. The number of hydrogen-bond donors (Lipinski definition) is 4. The van der Waals surface area contributed by atoms with Crippen LogP contribution in [0.15, 0.2) is 54.6 Å². The predicted octanol–water partition coefficient (Wildman–Crippen LogP) is 3.61. The van der Waals surface area contributed by atoms with Crippen LogP contribution in [0.5, 0.6) is 5.75 Å². The first-order valence-corrected chi connectivity index (χ1v) is 10.4. The fraction of sp³-hybridized carbons (Fsp3) is 0.250. The van der Waals surface area contributed by atoms with E-state index in [-0.39, 0.29) is 12.4 Å². The summed E-state index contributed by atoms with van der Waals surface area (Å²) in [5, 5.41) is 22.8. The summed E-state index contributed by atoms with van der Waals surface area (Å²) in [5.74, 6) is 0.529. The highest BCUT2D eigenvalue weighted by atomic mass is 16.3. The van der Waals surface area contributed by atoms with Gasteiger partial charge in [0.25, 0.3) is 0 Å². The lowest BCUT2D eigenvalue weighted by atomic mass is 10.1. The molecule has 5 N–H and O–H groups in total. The van der Waals surface area contributed by atoms with E-state index in [1.165, 1.54) is 5.56 Å². The van der Waals surface area contributed by atoms with E-state index < -0.39 is 0 Å². The lowest BCUT2D eigenvalue weighted by Crippen LogP contribution is -2.07. The van der Waals surface area contributed by atoms with E-state index in [1.807, 2.05) is 35.8 Å². The Morgan fingerprint density at radius 2 is 1.90 bits per heavy atom. The highest BCUT2D eigenvalue weighted by Gasteiger charge is 2.13. The number of imidazole rings is 1. The van der Waals surface area contributed by atoms with E-state index in [9.17, 15) is 5.11 Å². The average Bonchev–Trinajstić information content (AvgIpc) is 3.08. The third kappa shape index (κ3) is 4.62. The van der Waals surface area contributed by atoms with Crippen LogP contribution >= 0.6 is 0 Å². The normalized spacial score (nSPS) is 11.2. The molecule has 0 aliphatic rings. The Balaban J connectivity index is 1.58. The molecule has 0 aliphatic carbocycles. The molecule has 31 heavy (non-hydrogen) atoms. The Labute approximate surface area is 181 Å². The van der Waals surface area contributed by atoms with Crippen LogP contribution in [-0.4, -0.2) is 31.4 Å². The van der Waals surface area contributed by atoms with Crippen molar-refractivity contribution in [2.24, 2.45) is 0 Å². The molecule has 0 spiro atoms. The van der Waals surface area contributed by atoms with E-state index in [4.69, 9.17) is 10.8 Å². The van der Waals surface area contributed by atoms with Gasteiger partial charge in [0.2, 0.25) is 5.95 Å². The van der Waals surface area contributed by atoms with E-state index in [0.29, 0.717) is 24.7 Å². The number of aliphatic hydroxyl groups is 1. The Morgan fingerprint density at radius 3 is 2.74 bits per heavy atom. The first kappa shape index (κ1) is 20.7. The summed E-state index contributed by atoms with van der Waals surface area (Å²) < 4.78 is 1.87. The zero-order valence-corrected chi connectivity index (χ0v) is 17.5. The molecule has 0 saturated carbocycles. The maximum Gasteiger partial charge on any atom is 0.201 e. The molecule has 7 heteroatoms. The quantitative estimate of drug-likeness (QED) is 0.349. The number of benzene rings is 2. The highest BCUT2D eigenvalue weighted by Crippen LogP contribution is 2.24. The Bertz CT molecular complexity index is 1200. The number of hydrogen-bond acceptors (Lipinski definition) is 6. The molecule has 0 bridgehead atoms. The number of anilines is 2. The maximum atomic E-state index is 10.2. The van der Waals surface area contributed by atoms with E-state index in [0.717, 1.165) is 40.8 Å². The predicted molar refractivity (Wildman–Crippen MR) is 123 cm³/mol. The van der Waals surface area contributed by atoms with Crippen molar-refractivity contribution < 1.29 is 10.2 Å². The Morgan fingerprint density at radius 1 is 1.06 bits per heavy atom. The number of fused-ring (bicyclic) bond motifs is 1. The van der Waals surface area contributed by atoms with E-state index in [2.05, 4.69) is 33.5 Å². The van der Waals surface area contributed by atoms with Gasteiger partial charge in [-0.25, -0.2) is 4.98 Å². The molecule has 4 aromatic rings. The second-order valence-corrected chi connectivity index (χ2v) is 7.64. The van der Waals surface area contributed by atoms with Crippen molar-refractivity contribution in [1.29, 1.82) is 0 Å². The van der Waals surface area contributed by atoms with Crippen molar-refractivity contribution in [3.05, 3.63) is 77.1 Å². The molecule has 2 aromatic carbocycles. The van der Waals surface area contributed by atoms with Crippen LogP contribution in [0, 0.1) is 6.92 Å². The minimum atomic E-state index is 0.143. The summed E-state index contributed by atoms with van der Waals surface area (Å²) in [6.07, 6.45) is 1.57. The third-order valence-electron chi connectivity index (χ3n) is 5.34. The third-order valence-corrected chi connectivity index (χ3v) is 5.34. The maximum absolute atomic E-state index is 10.2. The molecular formula is C24H27N5O2. The Hall–Kier alpha value is -3.58. The van der Waals surface area contributed by atoms with Gasteiger partial charge in [0.15, 0.2) is 0 Å². The van der Waals surface area contributed by atoms with Gasteiger partial charge in [-0.15, -0.1) is 0 Å². The van der Waals surface area contributed by atoms with Crippen molar-refractivity contribution in [3.8, 4) is 5.75 Å². The minimum absolute atomic E-state index is 0.143. The van der Waals surface area contributed by atoms with Crippen molar-refractivity contribution in [2.45, 2.75) is 32.9 Å². The van der Waals surface area contributed by atoms with Crippen LogP contribution in [-0.2, 0) is 19.5 Å². The number of nitrogen functional groups attached to an aromatic ring is 1. The first-order valence-electron chi connectivity index (χ1n) is 10.4. The number of nitrogens with two attached hydrogens (primary N) is 1. The van der Waals surface area contributed by atoms with Crippen LogP contribution in [0.25, 0.3) is 11.0 Å². The van der Waals surface area contributed by atoms with Gasteiger partial charge in [-0.3, -0.25) is 4.98 Å². The van der Waals surface area contributed by atoms with Gasteiger partial charge in [-0.05, 0) is 61.2 Å².